The van der Waals surface area contributed by atoms with E-state index in [1.807, 2.05) is 32.9 Å². The predicted octanol–water partition coefficient (Wildman–Crippen LogP) is 6.01. The second kappa shape index (κ2) is 14.3. The maximum atomic E-state index is 13.4. The van der Waals surface area contributed by atoms with E-state index in [0.717, 1.165) is 38.2 Å². The molecule has 2 aromatic heterocycles. The fourth-order valence-electron chi connectivity index (χ4n) is 5.62. The van der Waals surface area contributed by atoms with Crippen LogP contribution in [0.1, 0.15) is 95.3 Å². The Morgan fingerprint density at radius 2 is 1.91 bits per heavy atom. The highest BCUT2D eigenvalue weighted by Gasteiger charge is 2.37. The third-order valence-electron chi connectivity index (χ3n) is 8.04. The molecule has 1 aromatic carbocycles. The number of hydrogen-bond donors (Lipinski definition) is 3. The van der Waals surface area contributed by atoms with Gasteiger partial charge in [-0.25, -0.2) is 14.2 Å². The summed E-state index contributed by atoms with van der Waals surface area (Å²) in [5, 5.41) is 34.8. The Bertz CT molecular complexity index is 1500. The highest BCUT2D eigenvalue weighted by atomic mass is 19.1. The van der Waals surface area contributed by atoms with Crippen LogP contribution in [0.4, 0.5) is 10.2 Å². The van der Waals surface area contributed by atoms with Crippen LogP contribution in [-0.4, -0.2) is 72.9 Å². The third kappa shape index (κ3) is 9.02. The number of carbonyl (C=O) groups is 1. The van der Waals surface area contributed by atoms with Crippen LogP contribution >= 0.6 is 0 Å². The lowest BCUT2D eigenvalue weighted by atomic mass is 9.92. The number of aromatic hydroxyl groups is 1. The van der Waals surface area contributed by atoms with Crippen molar-refractivity contribution in [1.82, 2.24) is 14.6 Å². The average molecular weight is 627 g/mol. The number of hydrogen-bond acceptors (Lipinski definition) is 8. The number of aliphatic hydroxyl groups excluding tert-OH is 1. The largest absolute Gasteiger partial charge is 0.508 e. The van der Waals surface area contributed by atoms with Gasteiger partial charge in [0.05, 0.1) is 28.6 Å². The molecule has 1 unspecified atom stereocenters. The Morgan fingerprint density at radius 3 is 2.53 bits per heavy atom. The maximum Gasteiger partial charge on any atom is 0.337 e. The fourth-order valence-corrected chi connectivity index (χ4v) is 5.62. The van der Waals surface area contributed by atoms with Gasteiger partial charge in [-0.1, -0.05) is 12.1 Å². The van der Waals surface area contributed by atoms with Gasteiger partial charge < -0.3 is 29.7 Å². The summed E-state index contributed by atoms with van der Waals surface area (Å²) >= 11 is 0. The van der Waals surface area contributed by atoms with Crippen LogP contribution in [0.5, 0.6) is 5.75 Å². The minimum absolute atomic E-state index is 0.113. The number of benzene rings is 1. The number of ether oxygens (including phenoxy) is 2. The monoisotopic (exact) mass is 626 g/mol. The molecule has 4 rings (SSSR count). The number of rotatable bonds is 13. The van der Waals surface area contributed by atoms with Gasteiger partial charge in [-0.2, -0.15) is 9.61 Å². The van der Waals surface area contributed by atoms with Crippen LogP contribution in [0.3, 0.4) is 0 Å². The highest BCUT2D eigenvalue weighted by Crippen LogP contribution is 2.38. The number of halogens is 1. The molecule has 246 valence electrons. The summed E-state index contributed by atoms with van der Waals surface area (Å²) in [5.41, 5.74) is 1.71. The smallest absolute Gasteiger partial charge is 0.337 e. The molecular weight excluding hydrogens is 579 g/mol. The number of phenolic OH excluding ortho intramolecular Hbond substituents is 1. The van der Waals surface area contributed by atoms with Crippen molar-refractivity contribution in [3.8, 4) is 5.75 Å². The molecule has 2 atom stereocenters. The molecule has 0 aliphatic carbocycles. The van der Waals surface area contributed by atoms with Crippen molar-refractivity contribution in [2.24, 2.45) is 0 Å². The summed E-state index contributed by atoms with van der Waals surface area (Å²) in [7, 11) is 0. The SMILES string of the molecule is Cc1nc2cc(C=CCc3ccc(F)cc3O)nn2c(N2CCC(C)(OCCCC[C@@H](C)O)CC2)c1C(OC(C)(C)C)C(=O)O. The van der Waals surface area contributed by atoms with Crippen LogP contribution < -0.4 is 4.90 Å². The number of aryl methyl sites for hydroxylation is 1. The van der Waals surface area contributed by atoms with E-state index in [9.17, 15) is 24.5 Å². The standard InChI is InChI=1S/C34H47FN4O6/c1-22(40)10-7-8-19-44-34(6)15-17-38(18-16-34)31-29(30(32(42)43)45-33(3,4)5)23(2)36-28-21-26(37-39(28)31)12-9-11-24-13-14-25(35)20-27(24)41/h9,12-14,20-22,30,40-41H,7-8,10-11,15-19H2,1-6H3,(H,42,43)/t22-,30?/m1/s1. The van der Waals surface area contributed by atoms with Crippen molar-refractivity contribution >= 4 is 23.5 Å². The minimum Gasteiger partial charge on any atom is -0.508 e. The zero-order chi connectivity index (χ0) is 32.9. The molecule has 45 heavy (non-hydrogen) atoms. The number of nitrogens with zero attached hydrogens (tertiary/aromatic N) is 4. The Labute approximate surface area is 264 Å². The zero-order valence-corrected chi connectivity index (χ0v) is 27.2. The second-order valence-corrected chi connectivity index (χ2v) is 13.2. The first-order valence-electron chi connectivity index (χ1n) is 15.7. The molecule has 11 heteroatoms. The van der Waals surface area contributed by atoms with Crippen LogP contribution in [-0.2, 0) is 20.7 Å². The normalized spacial score (nSPS) is 16.8. The van der Waals surface area contributed by atoms with Crippen LogP contribution in [0, 0.1) is 12.7 Å². The van der Waals surface area contributed by atoms with Gasteiger partial charge in [-0.3, -0.25) is 0 Å². The number of carboxylic acids is 1. The summed E-state index contributed by atoms with van der Waals surface area (Å²) in [6.07, 6.45) is 6.44. The first-order chi connectivity index (χ1) is 21.2. The average Bonchev–Trinajstić information content (AvgIpc) is 3.34. The molecular formula is C34H47FN4O6. The number of fused-ring (bicyclic) bond motifs is 1. The van der Waals surface area contributed by atoms with Gasteiger partial charge in [-0.05, 0) is 97.8 Å². The molecule has 0 amide bonds. The van der Waals surface area contributed by atoms with Gasteiger partial charge in [-0.15, -0.1) is 0 Å². The molecule has 0 bridgehead atoms. The van der Waals surface area contributed by atoms with Crippen molar-refractivity contribution in [1.29, 1.82) is 0 Å². The van der Waals surface area contributed by atoms with E-state index in [-0.39, 0.29) is 17.5 Å². The number of aliphatic carboxylic acids is 1. The fraction of sp³-hybridized carbons (Fsp3) is 0.559. The van der Waals surface area contributed by atoms with E-state index in [0.29, 0.717) is 60.1 Å². The summed E-state index contributed by atoms with van der Waals surface area (Å²) < 4.78 is 27.5. The number of anilines is 1. The summed E-state index contributed by atoms with van der Waals surface area (Å²) in [6, 6.07) is 5.75. The van der Waals surface area contributed by atoms with Gasteiger partial charge in [0.2, 0.25) is 0 Å². The molecule has 1 aliphatic heterocycles. The lowest BCUT2D eigenvalue weighted by Crippen LogP contribution is -2.46. The predicted molar refractivity (Wildman–Crippen MR) is 171 cm³/mol. The molecule has 0 spiro atoms. The number of phenols is 1. The molecule has 0 radical (unpaired) electrons. The molecule has 1 fully saturated rings. The second-order valence-electron chi connectivity index (χ2n) is 13.2. The Hall–Kier alpha value is -3.54. The van der Waals surface area contributed by atoms with Gasteiger partial charge in [0.1, 0.15) is 17.4 Å². The number of unbranched alkanes of at least 4 members (excludes halogenated alkanes) is 1. The van der Waals surface area contributed by atoms with Crippen molar-refractivity contribution in [2.45, 2.75) is 103 Å². The van der Waals surface area contributed by atoms with Crippen molar-refractivity contribution in [2.75, 3.05) is 24.6 Å². The lowest BCUT2D eigenvalue weighted by Gasteiger charge is -2.41. The highest BCUT2D eigenvalue weighted by molar-refractivity contribution is 5.78. The van der Waals surface area contributed by atoms with Crippen molar-refractivity contribution < 1.29 is 34.0 Å². The number of piperidine rings is 1. The molecule has 10 nitrogen and oxygen atoms in total. The number of aromatic nitrogens is 3. The van der Waals surface area contributed by atoms with E-state index >= 15 is 0 Å². The van der Waals surface area contributed by atoms with Crippen LogP contribution in [0.15, 0.2) is 30.3 Å². The third-order valence-corrected chi connectivity index (χ3v) is 8.04. The molecule has 3 heterocycles. The van der Waals surface area contributed by atoms with Gasteiger partial charge in [0.25, 0.3) is 0 Å². The van der Waals surface area contributed by atoms with Gasteiger partial charge >= 0.3 is 5.97 Å². The first-order valence-corrected chi connectivity index (χ1v) is 15.7. The molecule has 0 saturated carbocycles. The zero-order valence-electron chi connectivity index (χ0n) is 27.2. The van der Waals surface area contributed by atoms with E-state index in [1.54, 1.807) is 30.5 Å². The summed E-state index contributed by atoms with van der Waals surface area (Å²) in [6.45, 7) is 13.0. The first kappa shape index (κ1) is 34.3. The topological polar surface area (TPSA) is 130 Å². The summed E-state index contributed by atoms with van der Waals surface area (Å²) in [4.78, 5) is 19.5. The number of aliphatic hydroxyl groups is 1. The van der Waals surface area contributed by atoms with Gasteiger partial charge in [0, 0.05) is 37.5 Å². The molecule has 3 aromatic rings. The Morgan fingerprint density at radius 1 is 1.20 bits per heavy atom. The van der Waals surface area contributed by atoms with E-state index in [1.165, 1.54) is 6.07 Å². The van der Waals surface area contributed by atoms with Crippen LogP contribution in [0.25, 0.3) is 11.7 Å². The van der Waals surface area contributed by atoms with E-state index < -0.39 is 23.5 Å². The Kier molecular flexibility index (Phi) is 10.9. The Balaban J connectivity index is 1.65. The maximum absolute atomic E-state index is 13.4. The minimum atomic E-state index is -1.26. The van der Waals surface area contributed by atoms with Crippen molar-refractivity contribution in [3.05, 3.63) is 58.7 Å². The molecule has 1 saturated heterocycles. The van der Waals surface area contributed by atoms with Crippen molar-refractivity contribution in [3.63, 3.8) is 0 Å². The van der Waals surface area contributed by atoms with Gasteiger partial charge in [0.15, 0.2) is 11.8 Å². The lowest BCUT2D eigenvalue weighted by molar-refractivity contribution is -0.160. The van der Waals surface area contributed by atoms with Crippen LogP contribution in [0.2, 0.25) is 0 Å². The summed E-state index contributed by atoms with van der Waals surface area (Å²) in [5.74, 6) is -1.09. The van der Waals surface area contributed by atoms with E-state index in [2.05, 4.69) is 11.8 Å². The van der Waals surface area contributed by atoms with E-state index in [4.69, 9.17) is 19.6 Å². The molecule has 1 aliphatic rings. The number of allylic oxidation sites excluding steroid dienone is 1. The quantitative estimate of drug-likeness (QED) is 0.196. The molecule has 3 N–H and O–H groups in total. The number of carboxylic acid groups (broad SMARTS) is 1.